The van der Waals surface area contributed by atoms with Crippen LogP contribution in [-0.2, 0) is 6.42 Å². The molecule has 2 aromatic heterocycles. The Labute approximate surface area is 128 Å². The number of H-pyrrole nitrogens is 1. The van der Waals surface area contributed by atoms with Crippen LogP contribution in [0.3, 0.4) is 0 Å². The minimum Gasteiger partial charge on any atom is -0.346 e. The summed E-state index contributed by atoms with van der Waals surface area (Å²) in [4.78, 5) is 7.69. The maximum Gasteiger partial charge on any atom is 0.137 e. The van der Waals surface area contributed by atoms with Crippen molar-refractivity contribution in [1.29, 1.82) is 0 Å². The monoisotopic (exact) mass is 282 g/mol. The first-order valence-electron chi connectivity index (χ1n) is 7.54. The molecule has 0 aliphatic heterocycles. The summed E-state index contributed by atoms with van der Waals surface area (Å²) in [6.45, 7) is 0. The van der Waals surface area contributed by atoms with Crippen LogP contribution in [0.2, 0.25) is 0 Å². The van der Waals surface area contributed by atoms with Crippen molar-refractivity contribution in [1.82, 2.24) is 9.97 Å². The van der Waals surface area contributed by atoms with E-state index < -0.39 is 0 Å². The van der Waals surface area contributed by atoms with E-state index in [0.717, 1.165) is 17.5 Å². The molecule has 0 spiro atoms. The SMILES string of the molecule is c1ccc2c(c1)Cc1c(-c3cnc4[nH]ccc4c3)cccc1-2. The zero-order valence-electron chi connectivity index (χ0n) is 12.0. The minimum atomic E-state index is 0.944. The van der Waals surface area contributed by atoms with Gasteiger partial charge in [0.05, 0.1) is 0 Å². The zero-order valence-corrected chi connectivity index (χ0v) is 12.0. The van der Waals surface area contributed by atoms with E-state index in [-0.39, 0.29) is 0 Å². The van der Waals surface area contributed by atoms with E-state index in [2.05, 4.69) is 64.6 Å². The number of rotatable bonds is 1. The van der Waals surface area contributed by atoms with E-state index in [4.69, 9.17) is 0 Å². The van der Waals surface area contributed by atoms with Crippen LogP contribution in [0, 0.1) is 0 Å². The van der Waals surface area contributed by atoms with Crippen LogP contribution in [0.5, 0.6) is 0 Å². The molecule has 0 atom stereocenters. The lowest BCUT2D eigenvalue weighted by molar-refractivity contribution is 1.26. The Morgan fingerprint density at radius 1 is 0.864 bits per heavy atom. The molecule has 2 aromatic carbocycles. The Bertz CT molecular complexity index is 1010. The van der Waals surface area contributed by atoms with Crippen molar-refractivity contribution in [2.75, 3.05) is 0 Å². The molecular weight excluding hydrogens is 268 g/mol. The molecule has 2 heterocycles. The fourth-order valence-corrected chi connectivity index (χ4v) is 3.51. The number of hydrogen-bond acceptors (Lipinski definition) is 1. The van der Waals surface area contributed by atoms with Gasteiger partial charge in [-0.3, -0.25) is 0 Å². The third-order valence-electron chi connectivity index (χ3n) is 4.56. The van der Waals surface area contributed by atoms with Gasteiger partial charge in [-0.05, 0) is 46.4 Å². The molecule has 104 valence electrons. The molecule has 0 fully saturated rings. The first-order valence-corrected chi connectivity index (χ1v) is 7.54. The second-order valence-electron chi connectivity index (χ2n) is 5.81. The molecule has 1 N–H and O–H groups in total. The second kappa shape index (κ2) is 4.31. The van der Waals surface area contributed by atoms with Crippen LogP contribution in [0.25, 0.3) is 33.3 Å². The molecule has 0 amide bonds. The molecule has 0 bridgehead atoms. The van der Waals surface area contributed by atoms with Crippen molar-refractivity contribution in [3.8, 4) is 22.3 Å². The van der Waals surface area contributed by atoms with Gasteiger partial charge in [-0.15, -0.1) is 0 Å². The fraction of sp³-hybridized carbons (Fsp3) is 0.0500. The van der Waals surface area contributed by atoms with Crippen molar-refractivity contribution in [2.24, 2.45) is 0 Å². The van der Waals surface area contributed by atoms with E-state index >= 15 is 0 Å². The van der Waals surface area contributed by atoms with E-state index in [1.165, 1.54) is 33.4 Å². The summed E-state index contributed by atoms with van der Waals surface area (Å²) in [6, 6.07) is 19.6. The second-order valence-corrected chi connectivity index (χ2v) is 5.81. The Morgan fingerprint density at radius 3 is 2.73 bits per heavy atom. The van der Waals surface area contributed by atoms with E-state index in [9.17, 15) is 0 Å². The standard InChI is InChI=1S/C20H14N2/c1-2-5-16-13(4-1)11-19-17(6-3-7-18(16)19)15-10-14-8-9-21-20(14)22-12-15/h1-10,12H,11H2,(H,21,22). The summed E-state index contributed by atoms with van der Waals surface area (Å²) in [7, 11) is 0. The summed E-state index contributed by atoms with van der Waals surface area (Å²) in [5, 5.41) is 1.16. The Morgan fingerprint density at radius 2 is 1.73 bits per heavy atom. The number of benzene rings is 2. The van der Waals surface area contributed by atoms with Gasteiger partial charge in [0, 0.05) is 23.3 Å². The predicted octanol–water partition coefficient (Wildman–Crippen LogP) is 4.80. The number of aromatic nitrogens is 2. The zero-order chi connectivity index (χ0) is 14.5. The highest BCUT2D eigenvalue weighted by Gasteiger charge is 2.21. The van der Waals surface area contributed by atoms with Crippen LogP contribution < -0.4 is 0 Å². The summed E-state index contributed by atoms with van der Waals surface area (Å²) in [5.74, 6) is 0. The van der Waals surface area contributed by atoms with Gasteiger partial charge in [-0.2, -0.15) is 0 Å². The van der Waals surface area contributed by atoms with Crippen molar-refractivity contribution in [3.05, 3.63) is 78.1 Å². The first kappa shape index (κ1) is 11.8. The van der Waals surface area contributed by atoms with Gasteiger partial charge in [0.15, 0.2) is 0 Å². The highest BCUT2D eigenvalue weighted by Crippen LogP contribution is 2.41. The maximum atomic E-state index is 4.54. The Kier molecular flexibility index (Phi) is 2.30. The molecule has 4 aromatic rings. The lowest BCUT2D eigenvalue weighted by atomic mass is 9.96. The summed E-state index contributed by atoms with van der Waals surface area (Å²) < 4.78 is 0. The Hall–Kier alpha value is -2.87. The average molecular weight is 282 g/mol. The van der Waals surface area contributed by atoms with Crippen LogP contribution in [0.1, 0.15) is 11.1 Å². The maximum absolute atomic E-state index is 4.54. The van der Waals surface area contributed by atoms with Gasteiger partial charge in [-0.25, -0.2) is 4.98 Å². The number of nitrogens with zero attached hydrogens (tertiary/aromatic N) is 1. The lowest BCUT2D eigenvalue weighted by Gasteiger charge is -2.08. The topological polar surface area (TPSA) is 28.7 Å². The minimum absolute atomic E-state index is 0.944. The van der Waals surface area contributed by atoms with Gasteiger partial charge in [0.1, 0.15) is 5.65 Å². The third-order valence-corrected chi connectivity index (χ3v) is 4.56. The molecule has 1 aliphatic carbocycles. The molecule has 22 heavy (non-hydrogen) atoms. The van der Waals surface area contributed by atoms with Crippen molar-refractivity contribution in [3.63, 3.8) is 0 Å². The normalized spacial score (nSPS) is 12.4. The number of fused-ring (bicyclic) bond motifs is 4. The van der Waals surface area contributed by atoms with Crippen LogP contribution in [0.4, 0.5) is 0 Å². The van der Waals surface area contributed by atoms with Gasteiger partial charge in [-0.1, -0.05) is 42.5 Å². The number of hydrogen-bond donors (Lipinski definition) is 1. The lowest BCUT2D eigenvalue weighted by Crippen LogP contribution is -1.89. The molecule has 0 saturated heterocycles. The van der Waals surface area contributed by atoms with Crippen molar-refractivity contribution in [2.45, 2.75) is 6.42 Å². The predicted molar refractivity (Wildman–Crippen MR) is 89.8 cm³/mol. The summed E-state index contributed by atoms with van der Waals surface area (Å²) in [5.41, 5.74) is 9.00. The molecule has 1 aliphatic rings. The van der Waals surface area contributed by atoms with E-state index in [1.54, 1.807) is 0 Å². The first-order chi connectivity index (χ1) is 10.9. The van der Waals surface area contributed by atoms with Crippen LogP contribution in [-0.4, -0.2) is 9.97 Å². The van der Waals surface area contributed by atoms with Gasteiger partial charge in [0.2, 0.25) is 0 Å². The molecule has 0 radical (unpaired) electrons. The van der Waals surface area contributed by atoms with Crippen molar-refractivity contribution < 1.29 is 0 Å². The van der Waals surface area contributed by atoms with Crippen LogP contribution in [0.15, 0.2) is 67.0 Å². The smallest absolute Gasteiger partial charge is 0.137 e. The quantitative estimate of drug-likeness (QED) is 0.470. The van der Waals surface area contributed by atoms with Gasteiger partial charge >= 0.3 is 0 Å². The van der Waals surface area contributed by atoms with Crippen LogP contribution >= 0.6 is 0 Å². The third kappa shape index (κ3) is 1.58. The summed E-state index contributed by atoms with van der Waals surface area (Å²) >= 11 is 0. The van der Waals surface area contributed by atoms with E-state index in [1.807, 2.05) is 12.4 Å². The molecule has 0 unspecified atom stereocenters. The molecule has 0 saturated carbocycles. The summed E-state index contributed by atoms with van der Waals surface area (Å²) in [6.07, 6.45) is 4.91. The Balaban J connectivity index is 1.74. The van der Waals surface area contributed by atoms with Crippen molar-refractivity contribution >= 4 is 11.0 Å². The largest absolute Gasteiger partial charge is 0.346 e. The number of nitrogens with one attached hydrogen (secondary N) is 1. The highest BCUT2D eigenvalue weighted by atomic mass is 14.8. The highest BCUT2D eigenvalue weighted by molar-refractivity contribution is 5.87. The van der Waals surface area contributed by atoms with E-state index in [0.29, 0.717) is 0 Å². The molecule has 5 rings (SSSR count). The van der Waals surface area contributed by atoms with Gasteiger partial charge < -0.3 is 4.98 Å². The number of aromatic amines is 1. The molecule has 2 heteroatoms. The molecule has 2 nitrogen and oxygen atoms in total. The average Bonchev–Trinajstić information content (AvgIpc) is 3.18. The fourth-order valence-electron chi connectivity index (χ4n) is 3.51. The molecular formula is C20H14N2. The number of pyridine rings is 1. The van der Waals surface area contributed by atoms with Gasteiger partial charge in [0.25, 0.3) is 0 Å².